The molecule has 1 saturated heterocycles. The zero-order chi connectivity index (χ0) is 13.3. The minimum Gasteiger partial charge on any atom is -0.324 e. The van der Waals surface area contributed by atoms with Gasteiger partial charge >= 0.3 is 0 Å². The van der Waals surface area contributed by atoms with Crippen LogP contribution in [-0.4, -0.2) is 19.9 Å². The van der Waals surface area contributed by atoms with E-state index in [1.54, 1.807) is 0 Å². The van der Waals surface area contributed by atoms with Crippen molar-refractivity contribution in [3.05, 3.63) is 34.9 Å². The van der Waals surface area contributed by atoms with E-state index in [0.717, 1.165) is 0 Å². The topological polar surface area (TPSA) is 60.2 Å². The summed E-state index contributed by atoms with van der Waals surface area (Å²) in [5.41, 5.74) is 9.90. The lowest BCUT2D eigenvalue weighted by molar-refractivity contribution is 0.390. The normalized spacial score (nSPS) is 21.7. The van der Waals surface area contributed by atoms with Crippen molar-refractivity contribution in [1.82, 2.24) is 0 Å². The van der Waals surface area contributed by atoms with E-state index in [0.29, 0.717) is 12.8 Å². The molecule has 1 aliphatic heterocycles. The van der Waals surface area contributed by atoms with Gasteiger partial charge < -0.3 is 5.73 Å². The molecule has 0 aromatic heterocycles. The summed E-state index contributed by atoms with van der Waals surface area (Å²) in [7, 11) is -2.81. The minimum absolute atomic E-state index is 0.0413. The van der Waals surface area contributed by atoms with Crippen molar-refractivity contribution in [2.45, 2.75) is 32.7 Å². The smallest absolute Gasteiger partial charge is 0.150 e. The molecule has 1 heterocycles. The van der Waals surface area contributed by atoms with Crippen LogP contribution in [0.15, 0.2) is 18.2 Å². The Balaban J connectivity index is 2.17. The van der Waals surface area contributed by atoms with E-state index in [1.165, 1.54) is 16.7 Å². The first-order chi connectivity index (χ1) is 8.39. The van der Waals surface area contributed by atoms with E-state index in [1.807, 2.05) is 0 Å². The summed E-state index contributed by atoms with van der Waals surface area (Å²) in [6, 6.07) is 6.25. The number of sulfone groups is 1. The molecule has 18 heavy (non-hydrogen) atoms. The Morgan fingerprint density at radius 2 is 1.83 bits per heavy atom. The highest BCUT2D eigenvalue weighted by Crippen LogP contribution is 2.31. The molecule has 1 unspecified atom stereocenters. The molecule has 1 aromatic rings. The molecule has 1 aromatic carbocycles. The molecule has 0 saturated carbocycles. The second-order valence-electron chi connectivity index (χ2n) is 5.38. The highest BCUT2D eigenvalue weighted by Gasteiger charge is 2.29. The second-order valence-corrected chi connectivity index (χ2v) is 7.68. The second kappa shape index (κ2) is 5.02. The van der Waals surface area contributed by atoms with E-state index >= 15 is 0 Å². The molecule has 2 rings (SSSR count). The molecular formula is C14H21NO2S. The van der Waals surface area contributed by atoms with Gasteiger partial charge in [-0.25, -0.2) is 8.42 Å². The van der Waals surface area contributed by atoms with Gasteiger partial charge in [-0.1, -0.05) is 23.8 Å². The summed E-state index contributed by atoms with van der Waals surface area (Å²) in [6.45, 7) is 4.12. The number of rotatable bonds is 2. The Morgan fingerprint density at radius 3 is 2.44 bits per heavy atom. The molecule has 1 atom stereocenters. The third-order valence-electron chi connectivity index (χ3n) is 3.90. The van der Waals surface area contributed by atoms with Gasteiger partial charge in [0.1, 0.15) is 9.84 Å². The van der Waals surface area contributed by atoms with Crippen molar-refractivity contribution in [3.8, 4) is 0 Å². The van der Waals surface area contributed by atoms with Gasteiger partial charge in [0.05, 0.1) is 11.5 Å². The maximum Gasteiger partial charge on any atom is 0.150 e. The van der Waals surface area contributed by atoms with Gasteiger partial charge in [0, 0.05) is 6.04 Å². The van der Waals surface area contributed by atoms with Crippen LogP contribution in [0, 0.1) is 19.8 Å². The summed E-state index contributed by atoms with van der Waals surface area (Å²) in [5, 5.41) is 0. The van der Waals surface area contributed by atoms with Crippen molar-refractivity contribution < 1.29 is 8.42 Å². The average molecular weight is 267 g/mol. The van der Waals surface area contributed by atoms with Crippen molar-refractivity contribution in [2.75, 3.05) is 11.5 Å². The Hall–Kier alpha value is -0.870. The molecular weight excluding hydrogens is 246 g/mol. The van der Waals surface area contributed by atoms with E-state index in [9.17, 15) is 8.42 Å². The lowest BCUT2D eigenvalue weighted by Gasteiger charge is -2.28. The largest absolute Gasteiger partial charge is 0.324 e. The first kappa shape index (κ1) is 13.6. The van der Waals surface area contributed by atoms with Gasteiger partial charge in [0.2, 0.25) is 0 Å². The number of benzene rings is 1. The standard InChI is InChI=1S/C14H21NO2S/c1-10-3-4-11(2)13(9-10)14(15)12-5-7-18(16,17)8-6-12/h3-4,9,12,14H,5-8,15H2,1-2H3. The zero-order valence-corrected chi connectivity index (χ0v) is 11.8. The molecule has 1 fully saturated rings. The van der Waals surface area contributed by atoms with Gasteiger partial charge in [0.15, 0.2) is 0 Å². The van der Waals surface area contributed by atoms with Gasteiger partial charge in [-0.05, 0) is 43.7 Å². The Morgan fingerprint density at radius 1 is 1.22 bits per heavy atom. The molecule has 3 nitrogen and oxygen atoms in total. The molecule has 0 spiro atoms. The average Bonchev–Trinajstić information content (AvgIpc) is 2.31. The maximum absolute atomic E-state index is 11.4. The van der Waals surface area contributed by atoms with Crippen LogP contribution in [0.5, 0.6) is 0 Å². The Kier molecular flexibility index (Phi) is 3.78. The number of hydrogen-bond acceptors (Lipinski definition) is 3. The summed E-state index contributed by atoms with van der Waals surface area (Å²) in [4.78, 5) is 0. The lowest BCUT2D eigenvalue weighted by atomic mass is 9.86. The first-order valence-electron chi connectivity index (χ1n) is 6.42. The van der Waals surface area contributed by atoms with E-state index in [-0.39, 0.29) is 23.5 Å². The SMILES string of the molecule is Cc1ccc(C)c(C(N)C2CCS(=O)(=O)CC2)c1. The summed E-state index contributed by atoms with van der Waals surface area (Å²) in [5.74, 6) is 0.862. The van der Waals surface area contributed by atoms with Crippen LogP contribution in [0.1, 0.15) is 35.6 Å². The highest BCUT2D eigenvalue weighted by molar-refractivity contribution is 7.91. The van der Waals surface area contributed by atoms with Crippen molar-refractivity contribution in [3.63, 3.8) is 0 Å². The molecule has 0 aliphatic carbocycles. The number of hydrogen-bond donors (Lipinski definition) is 1. The molecule has 0 amide bonds. The fourth-order valence-electron chi connectivity index (χ4n) is 2.64. The third-order valence-corrected chi connectivity index (χ3v) is 5.62. The van der Waals surface area contributed by atoms with Crippen LogP contribution in [0.3, 0.4) is 0 Å². The third kappa shape index (κ3) is 2.93. The predicted octanol–water partition coefficient (Wildman–Crippen LogP) is 2.13. The fraction of sp³-hybridized carbons (Fsp3) is 0.571. The maximum atomic E-state index is 11.4. The Bertz CT molecular complexity index is 523. The fourth-order valence-corrected chi connectivity index (χ4v) is 4.17. The molecule has 1 aliphatic rings. The van der Waals surface area contributed by atoms with Crippen LogP contribution in [0.4, 0.5) is 0 Å². The van der Waals surface area contributed by atoms with Gasteiger partial charge in [-0.3, -0.25) is 0 Å². The van der Waals surface area contributed by atoms with Gasteiger partial charge in [-0.2, -0.15) is 0 Å². The van der Waals surface area contributed by atoms with Crippen LogP contribution >= 0.6 is 0 Å². The molecule has 0 radical (unpaired) electrons. The molecule has 2 N–H and O–H groups in total. The summed E-state index contributed by atoms with van der Waals surface area (Å²) < 4.78 is 22.9. The van der Waals surface area contributed by atoms with Crippen molar-refractivity contribution in [2.24, 2.45) is 11.7 Å². The quantitative estimate of drug-likeness (QED) is 0.893. The first-order valence-corrected chi connectivity index (χ1v) is 8.24. The van der Waals surface area contributed by atoms with Gasteiger partial charge in [-0.15, -0.1) is 0 Å². The number of aryl methyl sites for hydroxylation is 2. The van der Waals surface area contributed by atoms with Crippen LogP contribution < -0.4 is 5.73 Å². The van der Waals surface area contributed by atoms with Crippen molar-refractivity contribution >= 4 is 9.84 Å². The van der Waals surface area contributed by atoms with Crippen LogP contribution in [0.2, 0.25) is 0 Å². The Labute approximate surface area is 109 Å². The molecule has 0 bridgehead atoms. The van der Waals surface area contributed by atoms with E-state index in [4.69, 9.17) is 5.73 Å². The van der Waals surface area contributed by atoms with Crippen LogP contribution in [-0.2, 0) is 9.84 Å². The molecule has 100 valence electrons. The monoisotopic (exact) mass is 267 g/mol. The van der Waals surface area contributed by atoms with Crippen LogP contribution in [0.25, 0.3) is 0 Å². The molecule has 4 heteroatoms. The van der Waals surface area contributed by atoms with Gasteiger partial charge in [0.25, 0.3) is 0 Å². The minimum atomic E-state index is -2.81. The van der Waals surface area contributed by atoms with E-state index < -0.39 is 9.84 Å². The van der Waals surface area contributed by atoms with E-state index in [2.05, 4.69) is 32.0 Å². The summed E-state index contributed by atoms with van der Waals surface area (Å²) in [6.07, 6.45) is 1.38. The highest BCUT2D eigenvalue weighted by atomic mass is 32.2. The zero-order valence-electron chi connectivity index (χ0n) is 11.0. The predicted molar refractivity (Wildman–Crippen MR) is 74.2 cm³/mol. The summed E-state index contributed by atoms with van der Waals surface area (Å²) >= 11 is 0. The van der Waals surface area contributed by atoms with Crippen molar-refractivity contribution in [1.29, 1.82) is 0 Å². The lowest BCUT2D eigenvalue weighted by Crippen LogP contribution is -2.31. The number of nitrogens with two attached hydrogens (primary N) is 1.